The third-order valence-electron chi connectivity index (χ3n) is 5.62. The van der Waals surface area contributed by atoms with Crippen LogP contribution >= 0.6 is 0 Å². The first-order valence-electron chi connectivity index (χ1n) is 9.91. The highest BCUT2D eigenvalue weighted by molar-refractivity contribution is 5.82. The van der Waals surface area contributed by atoms with E-state index < -0.39 is 0 Å². The van der Waals surface area contributed by atoms with E-state index in [0.717, 1.165) is 38.4 Å². The summed E-state index contributed by atoms with van der Waals surface area (Å²) in [7, 11) is 0. The van der Waals surface area contributed by atoms with E-state index in [-0.39, 0.29) is 17.9 Å². The number of anilines is 2. The van der Waals surface area contributed by atoms with Crippen LogP contribution < -0.4 is 15.1 Å². The highest BCUT2D eigenvalue weighted by Gasteiger charge is 2.41. The largest absolute Gasteiger partial charge is 0.364 e. The molecule has 1 N–H and O–H groups in total. The predicted octanol–water partition coefficient (Wildman–Crippen LogP) is 2.72. The monoisotopic (exact) mass is 364 g/mol. The summed E-state index contributed by atoms with van der Waals surface area (Å²) < 4.78 is 0. The van der Waals surface area contributed by atoms with Gasteiger partial charge in [0.15, 0.2) is 0 Å². The number of aromatic nitrogens is 1. The molecule has 0 radical (unpaired) electrons. The summed E-state index contributed by atoms with van der Waals surface area (Å²) in [5.74, 6) is 1.59. The van der Waals surface area contributed by atoms with Crippen LogP contribution in [0.4, 0.5) is 11.5 Å². The van der Waals surface area contributed by atoms with Crippen molar-refractivity contribution in [2.75, 3.05) is 36.0 Å². The Morgan fingerprint density at radius 3 is 2.78 bits per heavy atom. The number of rotatable bonds is 4. The Morgan fingerprint density at radius 1 is 1.19 bits per heavy atom. The lowest BCUT2D eigenvalue weighted by Gasteiger charge is -2.49. The number of nitrogens with one attached hydrogen (secondary N) is 1. The van der Waals surface area contributed by atoms with Gasteiger partial charge in [-0.05, 0) is 36.1 Å². The van der Waals surface area contributed by atoms with Crippen LogP contribution in [0.1, 0.15) is 19.4 Å². The third kappa shape index (κ3) is 3.64. The molecule has 4 rings (SSSR count). The van der Waals surface area contributed by atoms with Crippen LogP contribution in [0.2, 0.25) is 0 Å². The first-order valence-corrected chi connectivity index (χ1v) is 9.91. The molecule has 5 nitrogen and oxygen atoms in total. The van der Waals surface area contributed by atoms with Crippen LogP contribution in [0, 0.1) is 11.8 Å². The van der Waals surface area contributed by atoms with Crippen molar-refractivity contribution in [3.8, 4) is 0 Å². The third-order valence-corrected chi connectivity index (χ3v) is 5.62. The fourth-order valence-corrected chi connectivity index (χ4v) is 4.24. The van der Waals surface area contributed by atoms with Crippen LogP contribution in [0.15, 0.2) is 48.7 Å². The summed E-state index contributed by atoms with van der Waals surface area (Å²) in [6, 6.07) is 14.7. The van der Waals surface area contributed by atoms with E-state index in [9.17, 15) is 4.79 Å². The summed E-state index contributed by atoms with van der Waals surface area (Å²) in [5.41, 5.74) is 2.57. The molecule has 27 heavy (non-hydrogen) atoms. The molecule has 2 aliphatic heterocycles. The Kier molecular flexibility index (Phi) is 5.01. The molecule has 2 atom stereocenters. The Morgan fingerprint density at radius 2 is 2.00 bits per heavy atom. The fourth-order valence-electron chi connectivity index (χ4n) is 4.24. The van der Waals surface area contributed by atoms with E-state index >= 15 is 0 Å². The molecule has 2 aliphatic rings. The number of nitrogens with zero attached hydrogens (tertiary/aromatic N) is 3. The lowest BCUT2D eigenvalue weighted by atomic mass is 9.83. The van der Waals surface area contributed by atoms with Gasteiger partial charge in [0, 0.05) is 38.1 Å². The van der Waals surface area contributed by atoms with E-state index in [2.05, 4.69) is 64.3 Å². The van der Waals surface area contributed by atoms with Crippen molar-refractivity contribution >= 4 is 17.4 Å². The number of para-hydroxylation sites is 1. The summed E-state index contributed by atoms with van der Waals surface area (Å²) in [5, 5.41) is 3.17. The highest BCUT2D eigenvalue weighted by atomic mass is 16.1. The molecule has 2 aromatic rings. The second-order valence-corrected chi connectivity index (χ2v) is 7.97. The topological polar surface area (TPSA) is 48.5 Å². The van der Waals surface area contributed by atoms with E-state index in [4.69, 9.17) is 0 Å². The summed E-state index contributed by atoms with van der Waals surface area (Å²) >= 11 is 0. The summed E-state index contributed by atoms with van der Waals surface area (Å²) in [6.45, 7) is 7.64. The van der Waals surface area contributed by atoms with Crippen molar-refractivity contribution in [1.82, 2.24) is 10.3 Å². The summed E-state index contributed by atoms with van der Waals surface area (Å²) in [6.07, 6.45) is 2.64. The van der Waals surface area contributed by atoms with Crippen molar-refractivity contribution < 1.29 is 4.79 Å². The molecule has 5 heteroatoms. The molecule has 1 saturated heterocycles. The molecule has 1 amide bonds. The van der Waals surface area contributed by atoms with Crippen molar-refractivity contribution in [2.45, 2.75) is 26.3 Å². The second kappa shape index (κ2) is 7.59. The van der Waals surface area contributed by atoms with E-state index in [0.29, 0.717) is 5.92 Å². The number of benzene rings is 1. The van der Waals surface area contributed by atoms with Gasteiger partial charge < -0.3 is 15.1 Å². The van der Waals surface area contributed by atoms with Gasteiger partial charge in [-0.25, -0.2) is 4.98 Å². The molecule has 1 aromatic heterocycles. The van der Waals surface area contributed by atoms with Crippen LogP contribution in [0.25, 0.3) is 0 Å². The number of hydrogen-bond acceptors (Lipinski definition) is 4. The zero-order valence-corrected chi connectivity index (χ0v) is 16.1. The van der Waals surface area contributed by atoms with Crippen LogP contribution in [-0.4, -0.2) is 43.1 Å². The maximum atomic E-state index is 13.0. The lowest BCUT2D eigenvalue weighted by molar-refractivity contribution is -0.126. The molecular formula is C22H28N4O. The predicted molar refractivity (Wildman–Crippen MR) is 109 cm³/mol. The maximum Gasteiger partial charge on any atom is 0.225 e. The Hall–Kier alpha value is -2.56. The first-order chi connectivity index (χ1) is 13.1. The number of hydrogen-bond donors (Lipinski definition) is 1. The standard InChI is InChI=1S/C22H28N4O/c1-16(2)14-24-22(27)18-13-17-7-3-4-8-19(17)26-12-11-25(15-20(18)26)21-9-5-6-10-23-21/h3-10,16,18,20H,11-15H2,1-2H3,(H,24,27). The SMILES string of the molecule is CC(C)CNC(=O)C1Cc2ccccc2N2CCN(c3ccccn3)CC12. The van der Waals surface area contributed by atoms with Crippen molar-refractivity contribution in [1.29, 1.82) is 0 Å². The number of pyridine rings is 1. The number of carbonyl (C=O) groups excluding carboxylic acids is 1. The average molecular weight is 364 g/mol. The van der Waals surface area contributed by atoms with Gasteiger partial charge in [0.1, 0.15) is 5.82 Å². The normalized spacial score (nSPS) is 21.6. The molecule has 0 spiro atoms. The maximum absolute atomic E-state index is 13.0. The smallest absolute Gasteiger partial charge is 0.225 e. The van der Waals surface area contributed by atoms with Gasteiger partial charge in [-0.2, -0.15) is 0 Å². The van der Waals surface area contributed by atoms with Crippen molar-refractivity contribution in [3.05, 3.63) is 54.2 Å². The van der Waals surface area contributed by atoms with Gasteiger partial charge in [-0.15, -0.1) is 0 Å². The van der Waals surface area contributed by atoms with E-state index in [1.54, 1.807) is 0 Å². The first kappa shape index (κ1) is 17.8. The Balaban J connectivity index is 1.61. The molecule has 1 aromatic carbocycles. The fraction of sp³-hybridized carbons (Fsp3) is 0.455. The zero-order valence-electron chi connectivity index (χ0n) is 16.1. The number of amides is 1. The Bertz CT molecular complexity index is 792. The van der Waals surface area contributed by atoms with E-state index in [1.165, 1.54) is 11.3 Å². The molecule has 3 heterocycles. The molecule has 1 fully saturated rings. The number of fused-ring (bicyclic) bond motifs is 3. The highest BCUT2D eigenvalue weighted by Crippen LogP contribution is 2.36. The van der Waals surface area contributed by atoms with Gasteiger partial charge in [0.25, 0.3) is 0 Å². The number of carbonyl (C=O) groups is 1. The molecule has 0 saturated carbocycles. The Labute approximate surface area is 161 Å². The van der Waals surface area contributed by atoms with Crippen LogP contribution in [-0.2, 0) is 11.2 Å². The van der Waals surface area contributed by atoms with Gasteiger partial charge in [0.2, 0.25) is 5.91 Å². The molecule has 2 unspecified atom stereocenters. The molecular weight excluding hydrogens is 336 g/mol. The summed E-state index contributed by atoms with van der Waals surface area (Å²) in [4.78, 5) is 22.3. The lowest BCUT2D eigenvalue weighted by Crippen LogP contribution is -2.61. The quantitative estimate of drug-likeness (QED) is 0.906. The van der Waals surface area contributed by atoms with Gasteiger partial charge >= 0.3 is 0 Å². The second-order valence-electron chi connectivity index (χ2n) is 7.97. The molecule has 0 bridgehead atoms. The van der Waals surface area contributed by atoms with Crippen molar-refractivity contribution in [3.63, 3.8) is 0 Å². The number of piperazine rings is 1. The van der Waals surface area contributed by atoms with Gasteiger partial charge in [-0.3, -0.25) is 4.79 Å². The minimum Gasteiger partial charge on any atom is -0.364 e. The average Bonchev–Trinajstić information content (AvgIpc) is 2.71. The van der Waals surface area contributed by atoms with Crippen molar-refractivity contribution in [2.24, 2.45) is 11.8 Å². The minimum atomic E-state index is -0.0369. The molecule has 142 valence electrons. The van der Waals surface area contributed by atoms with E-state index in [1.807, 2.05) is 18.3 Å². The van der Waals surface area contributed by atoms with Crippen LogP contribution in [0.3, 0.4) is 0 Å². The van der Waals surface area contributed by atoms with Crippen LogP contribution in [0.5, 0.6) is 0 Å². The van der Waals surface area contributed by atoms with Gasteiger partial charge in [0.05, 0.1) is 12.0 Å². The minimum absolute atomic E-state index is 0.0369. The van der Waals surface area contributed by atoms with Gasteiger partial charge in [-0.1, -0.05) is 38.1 Å². The molecule has 0 aliphatic carbocycles. The zero-order chi connectivity index (χ0) is 18.8.